The Balaban J connectivity index is 1.41. The third-order valence-electron chi connectivity index (χ3n) is 5.17. The molecule has 3 rings (SSSR count). The zero-order valence-electron chi connectivity index (χ0n) is 14.5. The molecule has 0 radical (unpaired) electrons. The molecule has 3 amide bonds. The Hall–Kier alpha value is -2.11. The second kappa shape index (κ2) is 8.32. The third kappa shape index (κ3) is 4.94. The highest BCUT2D eigenvalue weighted by Crippen LogP contribution is 2.18. The molecule has 136 valence electrons. The van der Waals surface area contributed by atoms with Gasteiger partial charge in [-0.25, -0.2) is 9.18 Å². The maximum absolute atomic E-state index is 13.7. The summed E-state index contributed by atoms with van der Waals surface area (Å²) in [5.74, 6) is -0.394. The van der Waals surface area contributed by atoms with E-state index in [-0.39, 0.29) is 30.2 Å². The molecule has 1 saturated carbocycles. The number of rotatable bonds is 4. The monoisotopic (exact) mass is 347 g/mol. The van der Waals surface area contributed by atoms with Gasteiger partial charge >= 0.3 is 6.03 Å². The minimum atomic E-state index is -0.337. The van der Waals surface area contributed by atoms with E-state index in [9.17, 15) is 14.0 Å². The smallest absolute Gasteiger partial charge is 0.315 e. The van der Waals surface area contributed by atoms with Crippen molar-refractivity contribution in [3.05, 3.63) is 35.6 Å². The van der Waals surface area contributed by atoms with Gasteiger partial charge in [-0.05, 0) is 37.3 Å². The summed E-state index contributed by atoms with van der Waals surface area (Å²) < 4.78 is 13.7. The summed E-state index contributed by atoms with van der Waals surface area (Å²) in [4.78, 5) is 26.1. The maximum atomic E-state index is 13.7. The lowest BCUT2D eigenvalue weighted by molar-refractivity contribution is -0.131. The Morgan fingerprint density at radius 1 is 1.00 bits per heavy atom. The average molecular weight is 347 g/mol. The number of hydrogen-bond acceptors (Lipinski definition) is 2. The van der Waals surface area contributed by atoms with Crippen molar-refractivity contribution in [2.75, 3.05) is 13.1 Å². The van der Waals surface area contributed by atoms with Crippen LogP contribution in [0.15, 0.2) is 24.3 Å². The lowest BCUT2D eigenvalue weighted by Crippen LogP contribution is -2.50. The fourth-order valence-corrected chi connectivity index (χ4v) is 3.67. The second-order valence-corrected chi connectivity index (χ2v) is 7.02. The van der Waals surface area contributed by atoms with Crippen molar-refractivity contribution in [2.45, 2.75) is 57.0 Å². The largest absolute Gasteiger partial charge is 0.342 e. The maximum Gasteiger partial charge on any atom is 0.315 e. The molecule has 6 heteroatoms. The minimum absolute atomic E-state index is 0.0565. The van der Waals surface area contributed by atoms with Crippen LogP contribution in [0.5, 0.6) is 0 Å². The molecule has 1 aromatic rings. The van der Waals surface area contributed by atoms with E-state index in [0.29, 0.717) is 24.7 Å². The highest BCUT2D eigenvalue weighted by Gasteiger charge is 2.25. The third-order valence-corrected chi connectivity index (χ3v) is 5.17. The van der Waals surface area contributed by atoms with Gasteiger partial charge in [0.1, 0.15) is 5.82 Å². The molecular formula is C19H26FN3O2. The van der Waals surface area contributed by atoms with Gasteiger partial charge in [0.2, 0.25) is 5.91 Å². The van der Waals surface area contributed by atoms with Gasteiger partial charge in [0.15, 0.2) is 0 Å². The van der Waals surface area contributed by atoms with Crippen molar-refractivity contribution in [3.63, 3.8) is 0 Å². The first kappa shape index (κ1) is 17.7. The number of hydrogen-bond donors (Lipinski definition) is 2. The molecule has 0 spiro atoms. The number of piperidine rings is 1. The molecule has 0 atom stereocenters. The fourth-order valence-electron chi connectivity index (χ4n) is 3.67. The molecule has 25 heavy (non-hydrogen) atoms. The van der Waals surface area contributed by atoms with Crippen molar-refractivity contribution in [2.24, 2.45) is 0 Å². The number of likely N-dealkylation sites (tertiary alicyclic amines) is 1. The second-order valence-electron chi connectivity index (χ2n) is 7.02. The molecule has 2 N–H and O–H groups in total. The van der Waals surface area contributed by atoms with Gasteiger partial charge in [-0.3, -0.25) is 4.79 Å². The molecular weight excluding hydrogens is 321 g/mol. The van der Waals surface area contributed by atoms with Crippen LogP contribution in [0.2, 0.25) is 0 Å². The molecule has 0 bridgehead atoms. The molecule has 1 heterocycles. The Kier molecular flexibility index (Phi) is 5.89. The Morgan fingerprint density at radius 3 is 2.24 bits per heavy atom. The predicted octanol–water partition coefficient (Wildman–Crippen LogP) is 2.60. The Bertz CT molecular complexity index is 608. The number of benzene rings is 1. The van der Waals surface area contributed by atoms with Crippen molar-refractivity contribution in [1.29, 1.82) is 0 Å². The van der Waals surface area contributed by atoms with Gasteiger partial charge in [-0.1, -0.05) is 31.0 Å². The number of urea groups is 1. The van der Waals surface area contributed by atoms with E-state index in [4.69, 9.17) is 0 Å². The van der Waals surface area contributed by atoms with E-state index in [1.54, 1.807) is 23.1 Å². The quantitative estimate of drug-likeness (QED) is 0.879. The number of nitrogens with one attached hydrogen (secondary N) is 2. The summed E-state index contributed by atoms with van der Waals surface area (Å²) >= 11 is 0. The van der Waals surface area contributed by atoms with Crippen LogP contribution in [0.1, 0.15) is 44.1 Å². The zero-order valence-corrected chi connectivity index (χ0v) is 14.5. The number of nitrogens with zero attached hydrogens (tertiary/aromatic N) is 1. The van der Waals surface area contributed by atoms with Gasteiger partial charge in [0.25, 0.3) is 0 Å². The van der Waals surface area contributed by atoms with E-state index in [1.807, 2.05) is 0 Å². The summed E-state index contributed by atoms with van der Waals surface area (Å²) in [5.41, 5.74) is 0.434. The van der Waals surface area contributed by atoms with Crippen LogP contribution in [-0.4, -0.2) is 42.0 Å². The number of amides is 3. The van der Waals surface area contributed by atoms with E-state index in [1.165, 1.54) is 18.9 Å². The van der Waals surface area contributed by atoms with E-state index in [0.717, 1.165) is 25.7 Å². The summed E-state index contributed by atoms with van der Waals surface area (Å²) in [6.45, 7) is 1.20. The van der Waals surface area contributed by atoms with E-state index in [2.05, 4.69) is 10.6 Å². The standard InChI is InChI=1S/C19H26FN3O2/c20-17-8-4-1-5-14(17)13-18(24)23-11-9-16(10-12-23)22-19(25)21-15-6-2-3-7-15/h1,4-5,8,15-16H,2-3,6-7,9-13H2,(H2,21,22,25). The van der Waals surface area contributed by atoms with Gasteiger partial charge in [-0.15, -0.1) is 0 Å². The molecule has 1 saturated heterocycles. The van der Waals surface area contributed by atoms with Crippen LogP contribution in [-0.2, 0) is 11.2 Å². The summed E-state index contributed by atoms with van der Waals surface area (Å²) in [7, 11) is 0. The Morgan fingerprint density at radius 2 is 1.60 bits per heavy atom. The first-order chi connectivity index (χ1) is 12.1. The van der Waals surface area contributed by atoms with Gasteiger partial charge < -0.3 is 15.5 Å². The SMILES string of the molecule is O=C(NC1CCCC1)NC1CCN(C(=O)Cc2ccccc2F)CC1. The first-order valence-electron chi connectivity index (χ1n) is 9.20. The van der Waals surface area contributed by atoms with Crippen molar-refractivity contribution < 1.29 is 14.0 Å². The average Bonchev–Trinajstić information content (AvgIpc) is 3.10. The molecule has 0 unspecified atom stereocenters. The molecule has 5 nitrogen and oxygen atoms in total. The number of halogens is 1. The Labute approximate surface area is 148 Å². The molecule has 2 aliphatic rings. The fraction of sp³-hybridized carbons (Fsp3) is 0.579. The molecule has 1 aromatic carbocycles. The molecule has 2 fully saturated rings. The van der Waals surface area contributed by atoms with Crippen molar-refractivity contribution in [1.82, 2.24) is 15.5 Å². The van der Waals surface area contributed by atoms with Crippen LogP contribution in [0.3, 0.4) is 0 Å². The summed E-state index contributed by atoms with van der Waals surface area (Å²) in [6.07, 6.45) is 6.07. The minimum Gasteiger partial charge on any atom is -0.342 e. The highest BCUT2D eigenvalue weighted by molar-refractivity contribution is 5.79. The van der Waals surface area contributed by atoms with Crippen LogP contribution >= 0.6 is 0 Å². The van der Waals surface area contributed by atoms with Gasteiger partial charge in [0, 0.05) is 25.2 Å². The lowest BCUT2D eigenvalue weighted by atomic mass is 10.0. The van der Waals surface area contributed by atoms with Crippen LogP contribution in [0.4, 0.5) is 9.18 Å². The van der Waals surface area contributed by atoms with Gasteiger partial charge in [0.05, 0.1) is 6.42 Å². The van der Waals surface area contributed by atoms with E-state index >= 15 is 0 Å². The number of carbonyl (C=O) groups excluding carboxylic acids is 2. The summed E-state index contributed by atoms with van der Waals surface area (Å²) in [6, 6.07) is 6.70. The lowest BCUT2D eigenvalue weighted by Gasteiger charge is -2.32. The van der Waals surface area contributed by atoms with E-state index < -0.39 is 0 Å². The predicted molar refractivity (Wildman–Crippen MR) is 93.6 cm³/mol. The molecule has 1 aliphatic heterocycles. The topological polar surface area (TPSA) is 61.4 Å². The zero-order chi connectivity index (χ0) is 17.6. The molecule has 1 aliphatic carbocycles. The normalized spacial score (nSPS) is 19.0. The first-order valence-corrected chi connectivity index (χ1v) is 9.20. The van der Waals surface area contributed by atoms with Crippen molar-refractivity contribution in [3.8, 4) is 0 Å². The molecule has 0 aromatic heterocycles. The van der Waals surface area contributed by atoms with Crippen LogP contribution < -0.4 is 10.6 Å². The summed E-state index contributed by atoms with van der Waals surface area (Å²) in [5, 5.41) is 6.04. The van der Waals surface area contributed by atoms with Crippen LogP contribution in [0, 0.1) is 5.82 Å². The number of carbonyl (C=O) groups is 2. The van der Waals surface area contributed by atoms with Gasteiger partial charge in [-0.2, -0.15) is 0 Å². The van der Waals surface area contributed by atoms with Crippen molar-refractivity contribution >= 4 is 11.9 Å². The highest BCUT2D eigenvalue weighted by atomic mass is 19.1. The van der Waals surface area contributed by atoms with Crippen LogP contribution in [0.25, 0.3) is 0 Å².